The number of aromatic nitrogens is 3. The Kier molecular flexibility index (Phi) is 2.93. The molecule has 0 aliphatic rings. The number of nitrogens with two attached hydrogens (primary N) is 1. The maximum absolute atomic E-state index is 5.86. The van der Waals surface area contributed by atoms with E-state index in [1.807, 2.05) is 54.7 Å². The first-order chi connectivity index (χ1) is 9.22. The summed E-state index contributed by atoms with van der Waals surface area (Å²) >= 11 is 5.86. The minimum atomic E-state index is 0.703. The molecule has 0 saturated heterocycles. The van der Waals surface area contributed by atoms with Crippen molar-refractivity contribution in [2.24, 2.45) is 0 Å². The van der Waals surface area contributed by atoms with Crippen molar-refractivity contribution >= 4 is 17.3 Å². The maximum Gasteiger partial charge on any atom is 0.113 e. The first-order valence-electron chi connectivity index (χ1n) is 5.76. The Balaban J connectivity index is 1.95. The van der Waals surface area contributed by atoms with Gasteiger partial charge in [0.1, 0.15) is 5.69 Å². The normalized spacial score (nSPS) is 10.6. The van der Waals surface area contributed by atoms with Crippen LogP contribution < -0.4 is 5.73 Å². The Morgan fingerprint density at radius 1 is 0.947 bits per heavy atom. The zero-order valence-electron chi connectivity index (χ0n) is 9.99. The molecule has 19 heavy (non-hydrogen) atoms. The summed E-state index contributed by atoms with van der Waals surface area (Å²) in [6.45, 7) is 0. The quantitative estimate of drug-likeness (QED) is 0.728. The molecule has 0 bridgehead atoms. The molecule has 5 heteroatoms. The Bertz CT molecular complexity index is 626. The number of benzene rings is 2. The molecular weight excluding hydrogens is 260 g/mol. The predicted octanol–water partition coefficient (Wildman–Crippen LogP) is 3.17. The largest absolute Gasteiger partial charge is 0.399 e. The Morgan fingerprint density at radius 3 is 2.32 bits per heavy atom. The molecule has 2 aromatic carbocycles. The van der Waals surface area contributed by atoms with Crippen molar-refractivity contribution in [3.05, 3.63) is 59.8 Å². The van der Waals surface area contributed by atoms with Gasteiger partial charge in [0.15, 0.2) is 0 Å². The number of anilines is 1. The van der Waals surface area contributed by atoms with Crippen molar-refractivity contribution in [3.8, 4) is 16.9 Å². The van der Waals surface area contributed by atoms with Crippen molar-refractivity contribution in [2.75, 3.05) is 5.73 Å². The second-order valence-electron chi connectivity index (χ2n) is 4.15. The lowest BCUT2D eigenvalue weighted by Crippen LogP contribution is -1.95. The summed E-state index contributed by atoms with van der Waals surface area (Å²) in [5.74, 6) is 0. The van der Waals surface area contributed by atoms with Crippen LogP contribution in [0.1, 0.15) is 0 Å². The summed E-state index contributed by atoms with van der Waals surface area (Å²) in [5, 5.41) is 8.96. The summed E-state index contributed by atoms with van der Waals surface area (Å²) in [7, 11) is 0. The molecule has 0 radical (unpaired) electrons. The third kappa shape index (κ3) is 2.44. The van der Waals surface area contributed by atoms with Crippen molar-refractivity contribution in [1.82, 2.24) is 15.0 Å². The molecule has 3 aromatic rings. The van der Waals surface area contributed by atoms with E-state index < -0.39 is 0 Å². The van der Waals surface area contributed by atoms with E-state index >= 15 is 0 Å². The van der Waals surface area contributed by atoms with Gasteiger partial charge in [0, 0.05) is 16.3 Å². The Labute approximate surface area is 115 Å². The molecule has 0 unspecified atom stereocenters. The van der Waals surface area contributed by atoms with Crippen LogP contribution >= 0.6 is 11.6 Å². The molecule has 2 N–H and O–H groups in total. The van der Waals surface area contributed by atoms with Gasteiger partial charge in [-0.05, 0) is 36.4 Å². The summed E-state index contributed by atoms with van der Waals surface area (Å²) < 4.78 is 1.71. The highest BCUT2D eigenvalue weighted by Crippen LogP contribution is 2.20. The molecule has 0 saturated carbocycles. The van der Waals surface area contributed by atoms with E-state index in [4.69, 9.17) is 17.3 Å². The molecule has 1 aromatic heterocycles. The molecular formula is C14H11ClN4. The lowest BCUT2D eigenvalue weighted by Gasteiger charge is -1.99. The fourth-order valence-corrected chi connectivity index (χ4v) is 1.90. The zero-order chi connectivity index (χ0) is 13.2. The van der Waals surface area contributed by atoms with Crippen molar-refractivity contribution in [2.45, 2.75) is 0 Å². The van der Waals surface area contributed by atoms with E-state index in [0.29, 0.717) is 5.02 Å². The van der Waals surface area contributed by atoms with Gasteiger partial charge in [0.2, 0.25) is 0 Å². The fraction of sp³-hybridized carbons (Fsp3) is 0. The Morgan fingerprint density at radius 2 is 1.63 bits per heavy atom. The predicted molar refractivity (Wildman–Crippen MR) is 76.2 cm³/mol. The topological polar surface area (TPSA) is 56.7 Å². The van der Waals surface area contributed by atoms with E-state index in [1.54, 1.807) is 4.68 Å². The van der Waals surface area contributed by atoms with Crippen molar-refractivity contribution < 1.29 is 0 Å². The van der Waals surface area contributed by atoms with Gasteiger partial charge >= 0.3 is 0 Å². The van der Waals surface area contributed by atoms with Gasteiger partial charge in [-0.1, -0.05) is 28.9 Å². The average Bonchev–Trinajstić information content (AvgIpc) is 2.90. The molecule has 0 fully saturated rings. The van der Waals surface area contributed by atoms with Crippen LogP contribution in [0.4, 0.5) is 5.69 Å². The van der Waals surface area contributed by atoms with Gasteiger partial charge in [-0.2, -0.15) is 0 Å². The number of hydrogen-bond acceptors (Lipinski definition) is 3. The van der Waals surface area contributed by atoms with Gasteiger partial charge in [-0.3, -0.25) is 0 Å². The summed E-state index contributed by atoms with van der Waals surface area (Å²) in [6.07, 6.45) is 1.87. The van der Waals surface area contributed by atoms with E-state index in [9.17, 15) is 0 Å². The van der Waals surface area contributed by atoms with Crippen LogP contribution in [-0.4, -0.2) is 15.0 Å². The van der Waals surface area contributed by atoms with Crippen LogP contribution in [0.5, 0.6) is 0 Å². The highest BCUT2D eigenvalue weighted by atomic mass is 35.5. The van der Waals surface area contributed by atoms with E-state index in [0.717, 1.165) is 22.6 Å². The monoisotopic (exact) mass is 270 g/mol. The van der Waals surface area contributed by atoms with Crippen LogP contribution in [0.15, 0.2) is 54.7 Å². The molecule has 4 nitrogen and oxygen atoms in total. The number of rotatable bonds is 2. The summed E-state index contributed by atoms with van der Waals surface area (Å²) in [4.78, 5) is 0. The van der Waals surface area contributed by atoms with E-state index in [2.05, 4.69) is 10.3 Å². The molecule has 0 aliphatic carbocycles. The van der Waals surface area contributed by atoms with E-state index in [-0.39, 0.29) is 0 Å². The third-order valence-electron chi connectivity index (χ3n) is 2.79. The SMILES string of the molecule is Nc1ccc(-n2cc(-c3ccc(Cl)cc3)nn2)cc1. The lowest BCUT2D eigenvalue weighted by molar-refractivity contribution is 0.804. The van der Waals surface area contributed by atoms with Crippen LogP contribution in [0.2, 0.25) is 5.02 Å². The van der Waals surface area contributed by atoms with Crippen LogP contribution in [0, 0.1) is 0 Å². The third-order valence-corrected chi connectivity index (χ3v) is 3.04. The standard InChI is InChI=1S/C14H11ClN4/c15-11-3-1-10(2-4-11)14-9-19(18-17-14)13-7-5-12(16)6-8-13/h1-9H,16H2. The molecule has 0 amide bonds. The van der Waals surface area contributed by atoms with E-state index in [1.165, 1.54) is 0 Å². The summed E-state index contributed by atoms with van der Waals surface area (Å²) in [6, 6.07) is 15.0. The van der Waals surface area contributed by atoms with Gasteiger partial charge in [0.05, 0.1) is 11.9 Å². The molecule has 0 spiro atoms. The Hall–Kier alpha value is -2.33. The van der Waals surface area contributed by atoms with Gasteiger partial charge in [-0.15, -0.1) is 5.10 Å². The first-order valence-corrected chi connectivity index (χ1v) is 6.14. The molecule has 94 valence electrons. The number of hydrogen-bond donors (Lipinski definition) is 1. The van der Waals surface area contributed by atoms with Gasteiger partial charge < -0.3 is 5.73 Å². The molecule has 1 heterocycles. The highest BCUT2D eigenvalue weighted by molar-refractivity contribution is 6.30. The minimum Gasteiger partial charge on any atom is -0.399 e. The van der Waals surface area contributed by atoms with Crippen molar-refractivity contribution in [1.29, 1.82) is 0 Å². The van der Waals surface area contributed by atoms with Crippen molar-refractivity contribution in [3.63, 3.8) is 0 Å². The second-order valence-corrected chi connectivity index (χ2v) is 4.58. The molecule has 0 aliphatic heterocycles. The second kappa shape index (κ2) is 4.74. The highest BCUT2D eigenvalue weighted by Gasteiger charge is 2.05. The summed E-state index contributed by atoms with van der Waals surface area (Å²) in [5.41, 5.74) is 9.08. The lowest BCUT2D eigenvalue weighted by atomic mass is 10.2. The van der Waals surface area contributed by atoms with Crippen LogP contribution in [0.3, 0.4) is 0 Å². The van der Waals surface area contributed by atoms with Crippen LogP contribution in [0.25, 0.3) is 16.9 Å². The number of nitrogens with zero attached hydrogens (tertiary/aromatic N) is 3. The van der Waals surface area contributed by atoms with Crippen LogP contribution in [-0.2, 0) is 0 Å². The fourth-order valence-electron chi connectivity index (χ4n) is 1.77. The number of nitrogen functional groups attached to an aromatic ring is 1. The average molecular weight is 271 g/mol. The minimum absolute atomic E-state index is 0.703. The van der Waals surface area contributed by atoms with Gasteiger partial charge in [0.25, 0.3) is 0 Å². The molecule has 3 rings (SSSR count). The maximum atomic E-state index is 5.86. The smallest absolute Gasteiger partial charge is 0.113 e. The molecule has 0 atom stereocenters. The van der Waals surface area contributed by atoms with Gasteiger partial charge in [-0.25, -0.2) is 4.68 Å². The first kappa shape index (κ1) is 11.7. The zero-order valence-corrected chi connectivity index (χ0v) is 10.7. The number of halogens is 1.